The monoisotopic (exact) mass is 279 g/mol. The third-order valence-electron chi connectivity index (χ3n) is 2.62. The lowest BCUT2D eigenvalue weighted by Crippen LogP contribution is -2.16. The van der Waals surface area contributed by atoms with Crippen molar-refractivity contribution in [2.75, 3.05) is 5.73 Å². The first-order valence-corrected chi connectivity index (χ1v) is 6.52. The molecule has 0 spiro atoms. The molecular weight excluding hydrogens is 263 g/mol. The molecule has 0 radical (unpaired) electrons. The number of hydrogen-bond acceptors (Lipinski definition) is 3. The first-order chi connectivity index (χ1) is 8.21. The number of aliphatic hydroxyl groups is 1. The van der Waals surface area contributed by atoms with Gasteiger partial charge >= 0.3 is 6.18 Å². The largest absolute Gasteiger partial charge is 0.416 e. The molecule has 2 unspecified atom stereocenters. The van der Waals surface area contributed by atoms with Crippen LogP contribution in [-0.2, 0) is 11.9 Å². The highest BCUT2D eigenvalue weighted by Gasteiger charge is 2.33. The molecule has 3 N–H and O–H groups in total. The van der Waals surface area contributed by atoms with Crippen LogP contribution in [0.5, 0.6) is 0 Å². The molecule has 0 aliphatic heterocycles. The highest BCUT2D eigenvalue weighted by molar-refractivity contribution is 7.99. The summed E-state index contributed by atoms with van der Waals surface area (Å²) in [5.41, 5.74) is 4.97. The Morgan fingerprint density at radius 1 is 1.33 bits per heavy atom. The van der Waals surface area contributed by atoms with Crippen LogP contribution in [0.25, 0.3) is 0 Å². The highest BCUT2D eigenvalue weighted by Crippen LogP contribution is 2.35. The van der Waals surface area contributed by atoms with Crippen LogP contribution in [0.15, 0.2) is 18.2 Å². The van der Waals surface area contributed by atoms with Gasteiger partial charge in [0.05, 0.1) is 11.7 Å². The van der Waals surface area contributed by atoms with Gasteiger partial charge in [0.2, 0.25) is 0 Å². The molecule has 0 saturated carbocycles. The standard InChI is InChI=1S/C12H16F3NOS/c1-7(17)8(2)18-6-9-3-4-10(16)5-11(9)12(13,14)15/h3-5,7-8,17H,6,16H2,1-2H3. The normalized spacial score (nSPS) is 15.4. The number of hydrogen-bond donors (Lipinski definition) is 2. The number of rotatable bonds is 4. The van der Waals surface area contributed by atoms with Crippen LogP contribution in [-0.4, -0.2) is 16.5 Å². The van der Waals surface area contributed by atoms with E-state index in [-0.39, 0.29) is 22.3 Å². The van der Waals surface area contributed by atoms with E-state index in [0.717, 1.165) is 6.07 Å². The lowest BCUT2D eigenvalue weighted by molar-refractivity contribution is -0.138. The smallest absolute Gasteiger partial charge is 0.399 e. The number of anilines is 1. The van der Waals surface area contributed by atoms with Crippen LogP contribution in [0, 0.1) is 0 Å². The average molecular weight is 279 g/mol. The van der Waals surface area contributed by atoms with E-state index in [2.05, 4.69) is 0 Å². The summed E-state index contributed by atoms with van der Waals surface area (Å²) < 4.78 is 38.4. The number of nitrogens with two attached hydrogens (primary N) is 1. The van der Waals surface area contributed by atoms with Gasteiger partial charge in [0.25, 0.3) is 0 Å². The maximum atomic E-state index is 12.8. The molecule has 0 aliphatic rings. The van der Waals surface area contributed by atoms with E-state index in [1.165, 1.54) is 23.9 Å². The van der Waals surface area contributed by atoms with Crippen LogP contribution in [0.4, 0.5) is 18.9 Å². The molecule has 2 atom stereocenters. The van der Waals surface area contributed by atoms with Gasteiger partial charge < -0.3 is 10.8 Å². The van der Waals surface area contributed by atoms with Gasteiger partial charge in [0.15, 0.2) is 0 Å². The fraction of sp³-hybridized carbons (Fsp3) is 0.500. The second-order valence-electron chi connectivity index (χ2n) is 4.17. The number of aliphatic hydroxyl groups excluding tert-OH is 1. The van der Waals surface area contributed by atoms with Crippen LogP contribution in [0.2, 0.25) is 0 Å². The number of thioether (sulfide) groups is 1. The zero-order valence-corrected chi connectivity index (χ0v) is 11.0. The van der Waals surface area contributed by atoms with E-state index >= 15 is 0 Å². The molecule has 18 heavy (non-hydrogen) atoms. The van der Waals surface area contributed by atoms with E-state index in [4.69, 9.17) is 5.73 Å². The van der Waals surface area contributed by atoms with Gasteiger partial charge in [-0.05, 0) is 24.6 Å². The minimum atomic E-state index is -4.40. The van der Waals surface area contributed by atoms with Crippen molar-refractivity contribution >= 4 is 17.4 Å². The minimum Gasteiger partial charge on any atom is -0.399 e. The second-order valence-corrected chi connectivity index (χ2v) is 5.54. The Bertz CT molecular complexity index is 407. The van der Waals surface area contributed by atoms with Crippen LogP contribution < -0.4 is 5.73 Å². The first-order valence-electron chi connectivity index (χ1n) is 5.47. The van der Waals surface area contributed by atoms with Crippen LogP contribution >= 0.6 is 11.8 Å². The van der Waals surface area contributed by atoms with E-state index in [1.54, 1.807) is 13.8 Å². The molecule has 1 aromatic rings. The Morgan fingerprint density at radius 3 is 2.44 bits per heavy atom. The maximum absolute atomic E-state index is 12.8. The maximum Gasteiger partial charge on any atom is 0.416 e. The number of alkyl halides is 3. The molecule has 6 heteroatoms. The van der Waals surface area contributed by atoms with Gasteiger partial charge in [0, 0.05) is 16.7 Å². The van der Waals surface area contributed by atoms with Crippen molar-refractivity contribution in [3.05, 3.63) is 29.3 Å². The molecular formula is C12H16F3NOS. The van der Waals surface area contributed by atoms with Crippen molar-refractivity contribution in [1.82, 2.24) is 0 Å². The Hall–Kier alpha value is -0.880. The lowest BCUT2D eigenvalue weighted by atomic mass is 10.1. The zero-order valence-electron chi connectivity index (χ0n) is 10.2. The number of benzene rings is 1. The molecule has 0 heterocycles. The van der Waals surface area contributed by atoms with E-state index in [0.29, 0.717) is 0 Å². The van der Waals surface area contributed by atoms with E-state index < -0.39 is 17.8 Å². The molecule has 102 valence electrons. The van der Waals surface area contributed by atoms with Gasteiger partial charge in [-0.3, -0.25) is 0 Å². The Balaban J connectivity index is 2.89. The topological polar surface area (TPSA) is 46.2 Å². The second kappa shape index (κ2) is 5.84. The predicted octanol–water partition coefficient (Wildman–Crippen LogP) is 3.29. The summed E-state index contributed by atoms with van der Waals surface area (Å²) >= 11 is 1.28. The summed E-state index contributed by atoms with van der Waals surface area (Å²) in [6.07, 6.45) is -4.96. The first kappa shape index (κ1) is 15.2. The van der Waals surface area contributed by atoms with Crippen molar-refractivity contribution in [2.24, 2.45) is 0 Å². The van der Waals surface area contributed by atoms with Gasteiger partial charge in [-0.2, -0.15) is 24.9 Å². The summed E-state index contributed by atoms with van der Waals surface area (Å²) in [5.74, 6) is 0.196. The van der Waals surface area contributed by atoms with Crippen molar-refractivity contribution < 1.29 is 18.3 Å². The van der Waals surface area contributed by atoms with Gasteiger partial charge in [-0.25, -0.2) is 0 Å². The van der Waals surface area contributed by atoms with Crippen LogP contribution in [0.1, 0.15) is 25.0 Å². The van der Waals surface area contributed by atoms with Gasteiger partial charge in [-0.1, -0.05) is 13.0 Å². The highest BCUT2D eigenvalue weighted by atomic mass is 32.2. The summed E-state index contributed by atoms with van der Waals surface area (Å²) in [7, 11) is 0. The summed E-state index contributed by atoms with van der Waals surface area (Å²) in [6.45, 7) is 3.39. The molecule has 2 nitrogen and oxygen atoms in total. The molecule has 1 aromatic carbocycles. The number of halogens is 3. The van der Waals surface area contributed by atoms with Crippen LogP contribution in [0.3, 0.4) is 0 Å². The summed E-state index contributed by atoms with van der Waals surface area (Å²) in [4.78, 5) is 0. The van der Waals surface area contributed by atoms with Crippen molar-refractivity contribution in [1.29, 1.82) is 0 Å². The van der Waals surface area contributed by atoms with Crippen molar-refractivity contribution in [3.8, 4) is 0 Å². The zero-order chi connectivity index (χ0) is 13.9. The van der Waals surface area contributed by atoms with Crippen molar-refractivity contribution in [3.63, 3.8) is 0 Å². The minimum absolute atomic E-state index is 0.0969. The molecule has 0 amide bonds. The average Bonchev–Trinajstić information content (AvgIpc) is 2.25. The Morgan fingerprint density at radius 2 is 1.94 bits per heavy atom. The third-order valence-corrected chi connectivity index (χ3v) is 4.02. The predicted molar refractivity (Wildman–Crippen MR) is 68.3 cm³/mol. The van der Waals surface area contributed by atoms with E-state index in [9.17, 15) is 18.3 Å². The molecule has 0 fully saturated rings. The summed E-state index contributed by atoms with van der Waals surface area (Å²) in [5, 5.41) is 9.19. The fourth-order valence-corrected chi connectivity index (χ4v) is 2.32. The lowest BCUT2D eigenvalue weighted by Gasteiger charge is -2.17. The van der Waals surface area contributed by atoms with Crippen molar-refractivity contribution in [2.45, 2.75) is 37.1 Å². The SMILES string of the molecule is CC(O)C(C)SCc1ccc(N)cc1C(F)(F)F. The Labute approximate surface area is 108 Å². The molecule has 0 saturated heterocycles. The molecule has 1 rings (SSSR count). The number of nitrogen functional groups attached to an aromatic ring is 1. The molecule has 0 aliphatic carbocycles. The fourth-order valence-electron chi connectivity index (χ4n) is 1.34. The quantitative estimate of drug-likeness (QED) is 0.831. The summed E-state index contributed by atoms with van der Waals surface area (Å²) in [6, 6.07) is 3.79. The third kappa shape index (κ3) is 4.10. The van der Waals surface area contributed by atoms with Gasteiger partial charge in [0.1, 0.15) is 0 Å². The molecule has 0 bridgehead atoms. The van der Waals surface area contributed by atoms with Gasteiger partial charge in [-0.15, -0.1) is 0 Å². The Kier molecular flexibility index (Phi) is 4.92. The van der Waals surface area contributed by atoms with E-state index in [1.807, 2.05) is 0 Å². The molecule has 0 aromatic heterocycles.